The summed E-state index contributed by atoms with van der Waals surface area (Å²) in [4.78, 5) is 21.2. The van der Waals surface area contributed by atoms with E-state index >= 15 is 0 Å². The van der Waals surface area contributed by atoms with Gasteiger partial charge >= 0.3 is 11.7 Å². The van der Waals surface area contributed by atoms with E-state index < -0.39 is 28.5 Å². The quantitative estimate of drug-likeness (QED) is 0.457. The molecule has 1 atom stereocenters. The van der Waals surface area contributed by atoms with Gasteiger partial charge < -0.3 is 9.47 Å². The van der Waals surface area contributed by atoms with Crippen LogP contribution in [0.25, 0.3) is 0 Å². The number of hydrogen-bond donors (Lipinski definition) is 0. The molecule has 0 N–H and O–H groups in total. The number of rotatable bonds is 5. The van der Waals surface area contributed by atoms with E-state index in [1.165, 1.54) is 7.11 Å². The zero-order chi connectivity index (χ0) is 13.7. The van der Waals surface area contributed by atoms with Crippen molar-refractivity contribution in [2.24, 2.45) is 0 Å². The maximum absolute atomic E-state index is 13.1. The average molecular weight is 257 g/mol. The standard InChI is InChI=1S/C11H12FNO5/c1-7(6-17-2)18-11(14)8-3-4-9(12)10(5-8)13(15)16/h3-5,7H,6H2,1-2H3. The third-order valence-corrected chi connectivity index (χ3v) is 2.09. The van der Waals surface area contributed by atoms with Gasteiger partial charge in [0.15, 0.2) is 0 Å². The molecule has 1 unspecified atom stereocenters. The fourth-order valence-corrected chi connectivity index (χ4v) is 1.30. The Balaban J connectivity index is 2.87. The number of esters is 1. The molecule has 7 heteroatoms. The molecule has 0 radical (unpaired) electrons. The van der Waals surface area contributed by atoms with Crippen molar-refractivity contribution in [3.8, 4) is 0 Å². The molecule has 1 rings (SSSR count). The molecule has 0 bridgehead atoms. The first-order valence-electron chi connectivity index (χ1n) is 5.09. The summed E-state index contributed by atoms with van der Waals surface area (Å²) in [5.74, 6) is -1.76. The number of benzene rings is 1. The van der Waals surface area contributed by atoms with Crippen molar-refractivity contribution >= 4 is 11.7 Å². The number of nitro groups is 1. The summed E-state index contributed by atoms with van der Waals surface area (Å²) in [6.07, 6.45) is -0.494. The fraction of sp³-hybridized carbons (Fsp3) is 0.364. The molecule has 0 aliphatic carbocycles. The monoisotopic (exact) mass is 257 g/mol. The lowest BCUT2D eigenvalue weighted by atomic mass is 10.2. The Labute approximate surface area is 102 Å². The topological polar surface area (TPSA) is 78.7 Å². The molecule has 18 heavy (non-hydrogen) atoms. The Bertz CT molecular complexity index is 463. The van der Waals surface area contributed by atoms with Gasteiger partial charge in [-0.3, -0.25) is 10.1 Å². The van der Waals surface area contributed by atoms with Crippen molar-refractivity contribution < 1.29 is 23.6 Å². The number of hydrogen-bond acceptors (Lipinski definition) is 5. The molecule has 0 spiro atoms. The number of methoxy groups -OCH3 is 1. The minimum absolute atomic E-state index is 0.0777. The second kappa shape index (κ2) is 6.06. The lowest BCUT2D eigenvalue weighted by Gasteiger charge is -2.11. The normalized spacial score (nSPS) is 11.9. The van der Waals surface area contributed by atoms with Gasteiger partial charge in [-0.15, -0.1) is 0 Å². The molecule has 0 aliphatic rings. The van der Waals surface area contributed by atoms with Crippen molar-refractivity contribution in [3.63, 3.8) is 0 Å². The average Bonchev–Trinajstić information content (AvgIpc) is 2.29. The van der Waals surface area contributed by atoms with E-state index in [2.05, 4.69) is 0 Å². The minimum Gasteiger partial charge on any atom is -0.457 e. The van der Waals surface area contributed by atoms with Crippen LogP contribution in [-0.4, -0.2) is 30.7 Å². The first-order valence-corrected chi connectivity index (χ1v) is 5.09. The summed E-state index contributed by atoms with van der Waals surface area (Å²) in [5, 5.41) is 10.5. The van der Waals surface area contributed by atoms with Crippen LogP contribution in [0.4, 0.5) is 10.1 Å². The molecule has 0 aromatic heterocycles. The molecule has 0 heterocycles. The van der Waals surface area contributed by atoms with Crippen molar-refractivity contribution in [2.75, 3.05) is 13.7 Å². The highest BCUT2D eigenvalue weighted by molar-refractivity contribution is 5.90. The smallest absolute Gasteiger partial charge is 0.338 e. The van der Waals surface area contributed by atoms with Gasteiger partial charge in [0.05, 0.1) is 17.1 Å². The molecular weight excluding hydrogens is 245 g/mol. The SMILES string of the molecule is COCC(C)OC(=O)c1ccc(F)c([N+](=O)[O-])c1. The van der Waals surface area contributed by atoms with Gasteiger partial charge in [0, 0.05) is 13.2 Å². The number of carbonyl (C=O) groups excluding carboxylic acids is 1. The maximum Gasteiger partial charge on any atom is 0.338 e. The molecular formula is C11H12FNO5. The van der Waals surface area contributed by atoms with Crippen LogP contribution in [0, 0.1) is 15.9 Å². The Morgan fingerprint density at radius 1 is 1.56 bits per heavy atom. The Morgan fingerprint density at radius 2 is 2.22 bits per heavy atom. The maximum atomic E-state index is 13.1. The van der Waals surface area contributed by atoms with Crippen LogP contribution < -0.4 is 0 Å². The van der Waals surface area contributed by atoms with E-state index in [9.17, 15) is 19.3 Å². The van der Waals surface area contributed by atoms with Crippen molar-refractivity contribution in [1.29, 1.82) is 0 Å². The van der Waals surface area contributed by atoms with E-state index in [1.54, 1.807) is 6.92 Å². The molecule has 98 valence electrons. The molecule has 6 nitrogen and oxygen atoms in total. The molecule has 1 aromatic carbocycles. The minimum atomic E-state index is -0.999. The first-order chi connectivity index (χ1) is 8.45. The van der Waals surface area contributed by atoms with Gasteiger partial charge in [-0.1, -0.05) is 0 Å². The second-order valence-corrected chi connectivity index (χ2v) is 3.59. The lowest BCUT2D eigenvalue weighted by Crippen LogP contribution is -2.19. The molecule has 1 aromatic rings. The van der Waals surface area contributed by atoms with Gasteiger partial charge in [-0.25, -0.2) is 4.79 Å². The summed E-state index contributed by atoms with van der Waals surface area (Å²) in [7, 11) is 1.45. The second-order valence-electron chi connectivity index (χ2n) is 3.59. The van der Waals surface area contributed by atoms with Gasteiger partial charge in [0.2, 0.25) is 5.82 Å². The summed E-state index contributed by atoms with van der Waals surface area (Å²) >= 11 is 0. The predicted molar refractivity (Wildman–Crippen MR) is 59.8 cm³/mol. The lowest BCUT2D eigenvalue weighted by molar-refractivity contribution is -0.387. The molecule has 0 fully saturated rings. The van der Waals surface area contributed by atoms with Crippen LogP contribution >= 0.6 is 0 Å². The Kier molecular flexibility index (Phi) is 4.73. The summed E-state index contributed by atoms with van der Waals surface area (Å²) in [6, 6.07) is 2.83. The largest absolute Gasteiger partial charge is 0.457 e. The number of nitro benzene ring substituents is 1. The van der Waals surface area contributed by atoms with Gasteiger partial charge in [0.1, 0.15) is 6.10 Å². The zero-order valence-electron chi connectivity index (χ0n) is 9.88. The van der Waals surface area contributed by atoms with Gasteiger partial charge in [-0.05, 0) is 19.1 Å². The van der Waals surface area contributed by atoms with Gasteiger partial charge in [0.25, 0.3) is 0 Å². The van der Waals surface area contributed by atoms with E-state index in [-0.39, 0.29) is 12.2 Å². The molecule has 0 saturated heterocycles. The van der Waals surface area contributed by atoms with E-state index in [0.29, 0.717) is 0 Å². The third-order valence-electron chi connectivity index (χ3n) is 2.09. The Hall–Kier alpha value is -2.02. The highest BCUT2D eigenvalue weighted by atomic mass is 19.1. The fourth-order valence-electron chi connectivity index (χ4n) is 1.30. The van der Waals surface area contributed by atoms with Crippen LogP contribution in [0.5, 0.6) is 0 Å². The molecule has 0 amide bonds. The predicted octanol–water partition coefficient (Wildman–Crippen LogP) is 1.93. The highest BCUT2D eigenvalue weighted by Gasteiger charge is 2.19. The van der Waals surface area contributed by atoms with E-state index in [4.69, 9.17) is 9.47 Å². The number of halogens is 1. The number of nitrogens with zero attached hydrogens (tertiary/aromatic N) is 1. The summed E-state index contributed by atoms with van der Waals surface area (Å²) in [5.41, 5.74) is -0.838. The van der Waals surface area contributed by atoms with Gasteiger partial charge in [-0.2, -0.15) is 4.39 Å². The van der Waals surface area contributed by atoms with E-state index in [1.807, 2.05) is 0 Å². The van der Waals surface area contributed by atoms with Crippen LogP contribution in [0.2, 0.25) is 0 Å². The van der Waals surface area contributed by atoms with Crippen molar-refractivity contribution in [2.45, 2.75) is 13.0 Å². The van der Waals surface area contributed by atoms with Crippen LogP contribution in [0.3, 0.4) is 0 Å². The van der Waals surface area contributed by atoms with Crippen molar-refractivity contribution in [1.82, 2.24) is 0 Å². The molecule has 0 saturated carbocycles. The summed E-state index contributed by atoms with van der Waals surface area (Å²) in [6.45, 7) is 1.81. The number of carbonyl (C=O) groups is 1. The third kappa shape index (κ3) is 3.49. The summed E-state index contributed by atoms with van der Waals surface area (Å²) < 4.78 is 22.8. The van der Waals surface area contributed by atoms with Crippen LogP contribution in [0.1, 0.15) is 17.3 Å². The highest BCUT2D eigenvalue weighted by Crippen LogP contribution is 2.19. The first kappa shape index (κ1) is 14.0. The zero-order valence-corrected chi connectivity index (χ0v) is 9.88. The number of ether oxygens (including phenoxy) is 2. The van der Waals surface area contributed by atoms with E-state index in [0.717, 1.165) is 18.2 Å². The van der Waals surface area contributed by atoms with Crippen molar-refractivity contribution in [3.05, 3.63) is 39.7 Å². The van der Waals surface area contributed by atoms with Crippen LogP contribution in [0.15, 0.2) is 18.2 Å². The van der Waals surface area contributed by atoms with Crippen LogP contribution in [-0.2, 0) is 9.47 Å². The molecule has 0 aliphatic heterocycles. The Morgan fingerprint density at radius 3 is 2.78 bits per heavy atom.